The van der Waals surface area contributed by atoms with Gasteiger partial charge in [-0.3, -0.25) is 9.36 Å². The largest absolute Gasteiger partial charge is 0.417 e. The first-order chi connectivity index (χ1) is 11.9. The topological polar surface area (TPSA) is 34.9 Å². The van der Waals surface area contributed by atoms with Gasteiger partial charge in [0.15, 0.2) is 0 Å². The Morgan fingerprint density at radius 2 is 1.64 bits per heavy atom. The van der Waals surface area contributed by atoms with Gasteiger partial charge in [0.05, 0.1) is 11.3 Å². The van der Waals surface area contributed by atoms with E-state index in [-0.39, 0.29) is 11.0 Å². The van der Waals surface area contributed by atoms with Gasteiger partial charge in [-0.15, -0.1) is 0 Å². The summed E-state index contributed by atoms with van der Waals surface area (Å²) >= 11 is 0. The third kappa shape index (κ3) is 2.55. The molecule has 4 rings (SSSR count). The fourth-order valence-electron chi connectivity index (χ4n) is 2.95. The monoisotopic (exact) mass is 340 g/mol. The maximum Gasteiger partial charge on any atom is 0.417 e. The Hall–Kier alpha value is -3.15. The van der Waals surface area contributed by atoms with Gasteiger partial charge in [-0.2, -0.15) is 13.2 Å². The molecular formula is C19H11F3N2O. The predicted octanol–water partition coefficient (Wildman–Crippen LogP) is 4.56. The van der Waals surface area contributed by atoms with Crippen LogP contribution in [0.25, 0.3) is 27.5 Å². The number of pyridine rings is 2. The Bertz CT molecular complexity index is 1160. The van der Waals surface area contributed by atoms with Crippen LogP contribution >= 0.6 is 0 Å². The molecule has 0 spiro atoms. The van der Waals surface area contributed by atoms with E-state index in [0.29, 0.717) is 5.69 Å². The Labute approximate surface area is 140 Å². The first-order valence-corrected chi connectivity index (χ1v) is 7.52. The maximum absolute atomic E-state index is 13.2. The fraction of sp³-hybridized carbons (Fsp3) is 0.0526. The van der Waals surface area contributed by atoms with Crippen molar-refractivity contribution >= 4 is 21.8 Å². The molecule has 2 aromatic heterocycles. The maximum atomic E-state index is 13.2. The minimum Gasteiger partial charge on any atom is -0.269 e. The lowest BCUT2D eigenvalue weighted by atomic mass is 10.1. The van der Waals surface area contributed by atoms with E-state index in [4.69, 9.17) is 0 Å². The molecule has 0 unspecified atom stereocenters. The van der Waals surface area contributed by atoms with Crippen LogP contribution < -0.4 is 5.56 Å². The van der Waals surface area contributed by atoms with Gasteiger partial charge in [0.2, 0.25) is 0 Å². The van der Waals surface area contributed by atoms with Crippen molar-refractivity contribution in [2.75, 3.05) is 0 Å². The molecule has 0 aliphatic heterocycles. The van der Waals surface area contributed by atoms with Crippen LogP contribution in [0, 0.1) is 0 Å². The van der Waals surface area contributed by atoms with Crippen molar-refractivity contribution in [1.29, 1.82) is 0 Å². The molecule has 0 atom stereocenters. The molecule has 0 saturated carbocycles. The van der Waals surface area contributed by atoms with Gasteiger partial charge in [0.25, 0.3) is 5.56 Å². The van der Waals surface area contributed by atoms with Crippen LogP contribution in [0.2, 0.25) is 0 Å². The third-order valence-corrected chi connectivity index (χ3v) is 4.09. The molecule has 0 radical (unpaired) electrons. The quantitative estimate of drug-likeness (QED) is 0.509. The van der Waals surface area contributed by atoms with Crippen LogP contribution in [0.4, 0.5) is 13.2 Å². The second kappa shape index (κ2) is 5.44. The Morgan fingerprint density at radius 1 is 0.880 bits per heavy atom. The second-order valence-corrected chi connectivity index (χ2v) is 5.63. The molecule has 0 aliphatic rings. The molecule has 0 amide bonds. The van der Waals surface area contributed by atoms with E-state index >= 15 is 0 Å². The van der Waals surface area contributed by atoms with E-state index in [9.17, 15) is 18.0 Å². The number of nitrogens with zero attached hydrogens (tertiary/aromatic N) is 2. The fourth-order valence-corrected chi connectivity index (χ4v) is 2.95. The minimum absolute atomic E-state index is 0.0161. The van der Waals surface area contributed by atoms with E-state index < -0.39 is 17.3 Å². The molecule has 0 bridgehead atoms. The lowest BCUT2D eigenvalue weighted by Crippen LogP contribution is -2.19. The lowest BCUT2D eigenvalue weighted by Gasteiger charge is -2.14. The predicted molar refractivity (Wildman–Crippen MR) is 89.8 cm³/mol. The average molecular weight is 340 g/mol. The zero-order valence-electron chi connectivity index (χ0n) is 12.8. The summed E-state index contributed by atoms with van der Waals surface area (Å²) in [6, 6.07) is 16.1. The second-order valence-electron chi connectivity index (χ2n) is 5.63. The highest BCUT2D eigenvalue weighted by Crippen LogP contribution is 2.34. The summed E-state index contributed by atoms with van der Waals surface area (Å²) in [7, 11) is 0. The van der Waals surface area contributed by atoms with Crippen LogP contribution in [-0.2, 0) is 6.18 Å². The Morgan fingerprint density at radius 3 is 2.40 bits per heavy atom. The van der Waals surface area contributed by atoms with E-state index in [1.807, 2.05) is 30.3 Å². The zero-order valence-corrected chi connectivity index (χ0v) is 12.8. The van der Waals surface area contributed by atoms with Gasteiger partial charge >= 0.3 is 6.18 Å². The molecule has 0 N–H and O–H groups in total. The summed E-state index contributed by atoms with van der Waals surface area (Å²) in [5.41, 5.74) is -0.791. The van der Waals surface area contributed by atoms with Gasteiger partial charge in [0.1, 0.15) is 5.65 Å². The van der Waals surface area contributed by atoms with E-state index in [1.165, 1.54) is 10.6 Å². The number of hydrogen-bond acceptors (Lipinski definition) is 2. The summed E-state index contributed by atoms with van der Waals surface area (Å²) in [5, 5.41) is 1.75. The molecule has 2 aromatic carbocycles. The number of aromatic nitrogens is 2. The van der Waals surface area contributed by atoms with Crippen LogP contribution in [0.3, 0.4) is 0 Å². The Balaban J connectivity index is 2.06. The van der Waals surface area contributed by atoms with Crippen molar-refractivity contribution in [3.63, 3.8) is 0 Å². The number of fused-ring (bicyclic) bond motifs is 2. The normalized spacial score (nSPS) is 12.0. The van der Waals surface area contributed by atoms with Gasteiger partial charge in [-0.25, -0.2) is 4.98 Å². The number of benzene rings is 2. The summed E-state index contributed by atoms with van der Waals surface area (Å²) in [6.45, 7) is 0. The number of halogens is 3. The first-order valence-electron chi connectivity index (χ1n) is 7.52. The van der Waals surface area contributed by atoms with Crippen molar-refractivity contribution in [1.82, 2.24) is 9.55 Å². The molecule has 2 heterocycles. The summed E-state index contributed by atoms with van der Waals surface area (Å²) in [5.74, 6) is 0. The van der Waals surface area contributed by atoms with Crippen molar-refractivity contribution in [2.24, 2.45) is 0 Å². The molecule has 6 heteroatoms. The van der Waals surface area contributed by atoms with Crippen molar-refractivity contribution in [2.45, 2.75) is 6.18 Å². The smallest absolute Gasteiger partial charge is 0.269 e. The summed E-state index contributed by atoms with van der Waals surface area (Å²) in [6.07, 6.45) is -3.45. The minimum atomic E-state index is -4.52. The highest BCUT2D eigenvalue weighted by molar-refractivity contribution is 5.86. The van der Waals surface area contributed by atoms with E-state index in [2.05, 4.69) is 4.98 Å². The van der Waals surface area contributed by atoms with Crippen LogP contribution in [0.5, 0.6) is 0 Å². The standard InChI is InChI=1S/C19H11F3N2O/c20-19(21,22)16-9-10-23-18-15(16)7-8-17(25)24(18)14-6-5-12-3-1-2-4-13(12)11-14/h1-11H. The SMILES string of the molecule is O=c1ccc2c(C(F)(F)F)ccnc2n1-c1ccc2ccccc2c1. The molecular weight excluding hydrogens is 329 g/mol. The van der Waals surface area contributed by atoms with Crippen molar-refractivity contribution in [3.8, 4) is 5.69 Å². The highest BCUT2D eigenvalue weighted by Gasteiger charge is 2.33. The molecule has 25 heavy (non-hydrogen) atoms. The molecule has 124 valence electrons. The van der Waals surface area contributed by atoms with Crippen LogP contribution in [0.15, 0.2) is 71.7 Å². The molecule has 0 aliphatic carbocycles. The van der Waals surface area contributed by atoms with E-state index in [1.54, 1.807) is 12.1 Å². The van der Waals surface area contributed by atoms with Gasteiger partial charge in [-0.1, -0.05) is 30.3 Å². The number of rotatable bonds is 1. The molecule has 0 fully saturated rings. The Kier molecular flexibility index (Phi) is 3.35. The average Bonchev–Trinajstić information content (AvgIpc) is 2.60. The molecule has 4 aromatic rings. The molecule has 3 nitrogen and oxygen atoms in total. The molecule has 0 saturated heterocycles. The van der Waals surface area contributed by atoms with Gasteiger partial charge < -0.3 is 0 Å². The van der Waals surface area contributed by atoms with Gasteiger partial charge in [-0.05, 0) is 35.0 Å². The van der Waals surface area contributed by atoms with Crippen LogP contribution in [0.1, 0.15) is 5.56 Å². The number of hydrogen-bond donors (Lipinski definition) is 0. The highest BCUT2D eigenvalue weighted by atomic mass is 19.4. The number of alkyl halides is 3. The zero-order chi connectivity index (χ0) is 17.6. The first kappa shape index (κ1) is 15.4. The third-order valence-electron chi connectivity index (χ3n) is 4.09. The lowest BCUT2D eigenvalue weighted by molar-refractivity contribution is -0.136. The van der Waals surface area contributed by atoms with Gasteiger partial charge in [0, 0.05) is 17.6 Å². The van der Waals surface area contributed by atoms with E-state index in [0.717, 1.165) is 29.1 Å². The van der Waals surface area contributed by atoms with Crippen LogP contribution in [-0.4, -0.2) is 9.55 Å². The van der Waals surface area contributed by atoms with Crippen molar-refractivity contribution in [3.05, 3.63) is 82.8 Å². The summed E-state index contributed by atoms with van der Waals surface area (Å²) in [4.78, 5) is 16.4. The van der Waals surface area contributed by atoms with Crippen molar-refractivity contribution < 1.29 is 13.2 Å². The summed E-state index contributed by atoms with van der Waals surface area (Å²) < 4.78 is 40.9.